The molecule has 1 aliphatic rings. The molecule has 1 nitrogen and oxygen atoms in total. The highest BCUT2D eigenvalue weighted by atomic mass is 35.5. The van der Waals surface area contributed by atoms with E-state index in [0.29, 0.717) is 5.92 Å². The van der Waals surface area contributed by atoms with Gasteiger partial charge in [-0.1, -0.05) is 43.6 Å². The fourth-order valence-electron chi connectivity index (χ4n) is 2.25. The number of hydrogen-bond donors (Lipinski definition) is 1. The van der Waals surface area contributed by atoms with Crippen LogP contribution in [0.3, 0.4) is 0 Å². The third-order valence-electron chi connectivity index (χ3n) is 3.30. The van der Waals surface area contributed by atoms with Crippen molar-refractivity contribution in [3.8, 4) is 0 Å². The summed E-state index contributed by atoms with van der Waals surface area (Å²) in [6.45, 7) is 5.59. The minimum Gasteiger partial charge on any atom is -0.307 e. The molecular weight excluding hydrogens is 194 g/mol. The van der Waals surface area contributed by atoms with E-state index in [1.54, 1.807) is 0 Å². The van der Waals surface area contributed by atoms with E-state index >= 15 is 0 Å². The lowest BCUT2D eigenvalue weighted by Gasteiger charge is -2.47. The van der Waals surface area contributed by atoms with Crippen LogP contribution in [0.1, 0.15) is 25.8 Å². The SMILES string of the molecule is CC(C)C1(c2ccccc2Cl)CCN1. The van der Waals surface area contributed by atoms with Crippen LogP contribution in [0.15, 0.2) is 24.3 Å². The van der Waals surface area contributed by atoms with Gasteiger partial charge in [0, 0.05) is 10.6 Å². The smallest absolute Gasteiger partial charge is 0.0484 e. The second kappa shape index (κ2) is 3.56. The molecule has 1 atom stereocenters. The molecular formula is C12H16ClN. The Morgan fingerprint density at radius 2 is 2.00 bits per heavy atom. The quantitative estimate of drug-likeness (QED) is 0.789. The van der Waals surface area contributed by atoms with E-state index in [2.05, 4.69) is 31.3 Å². The van der Waals surface area contributed by atoms with Crippen molar-refractivity contribution in [3.63, 3.8) is 0 Å². The van der Waals surface area contributed by atoms with Crippen molar-refractivity contribution < 1.29 is 0 Å². The molecule has 1 saturated heterocycles. The first-order chi connectivity index (χ1) is 6.67. The lowest BCUT2D eigenvalue weighted by Crippen LogP contribution is -2.57. The molecule has 0 aliphatic carbocycles. The van der Waals surface area contributed by atoms with Gasteiger partial charge >= 0.3 is 0 Å². The molecule has 1 unspecified atom stereocenters. The molecule has 0 bridgehead atoms. The minimum absolute atomic E-state index is 0.123. The Morgan fingerprint density at radius 1 is 1.36 bits per heavy atom. The summed E-state index contributed by atoms with van der Waals surface area (Å²) >= 11 is 6.23. The minimum atomic E-state index is 0.123. The van der Waals surface area contributed by atoms with Gasteiger partial charge in [-0.15, -0.1) is 0 Å². The highest BCUT2D eigenvalue weighted by molar-refractivity contribution is 6.31. The van der Waals surface area contributed by atoms with Gasteiger partial charge in [0.25, 0.3) is 0 Å². The van der Waals surface area contributed by atoms with Crippen molar-refractivity contribution >= 4 is 11.6 Å². The molecule has 0 spiro atoms. The maximum atomic E-state index is 6.23. The van der Waals surface area contributed by atoms with E-state index in [-0.39, 0.29) is 5.54 Å². The lowest BCUT2D eigenvalue weighted by molar-refractivity contribution is 0.140. The van der Waals surface area contributed by atoms with Crippen molar-refractivity contribution in [2.75, 3.05) is 6.54 Å². The Kier molecular flexibility index (Phi) is 2.54. The Morgan fingerprint density at radius 3 is 2.43 bits per heavy atom. The van der Waals surface area contributed by atoms with Crippen LogP contribution in [0.2, 0.25) is 5.02 Å². The maximum absolute atomic E-state index is 6.23. The van der Waals surface area contributed by atoms with Crippen LogP contribution in [-0.2, 0) is 5.54 Å². The first-order valence-corrected chi connectivity index (χ1v) is 5.54. The first kappa shape index (κ1) is 10.0. The number of benzene rings is 1. The Bertz CT molecular complexity index is 329. The molecule has 76 valence electrons. The normalized spacial score (nSPS) is 26.3. The number of nitrogens with one attached hydrogen (secondary N) is 1. The first-order valence-electron chi connectivity index (χ1n) is 5.17. The van der Waals surface area contributed by atoms with Crippen molar-refractivity contribution in [2.45, 2.75) is 25.8 Å². The summed E-state index contributed by atoms with van der Waals surface area (Å²) in [6.07, 6.45) is 1.19. The number of halogens is 1. The monoisotopic (exact) mass is 209 g/mol. The van der Waals surface area contributed by atoms with E-state index in [1.165, 1.54) is 12.0 Å². The summed E-state index contributed by atoms with van der Waals surface area (Å²) in [4.78, 5) is 0. The summed E-state index contributed by atoms with van der Waals surface area (Å²) in [5, 5.41) is 4.41. The van der Waals surface area contributed by atoms with Crippen molar-refractivity contribution in [1.82, 2.24) is 5.32 Å². The average Bonchev–Trinajstić information content (AvgIpc) is 2.05. The highest BCUT2D eigenvalue weighted by Crippen LogP contribution is 2.41. The van der Waals surface area contributed by atoms with Gasteiger partial charge in [-0.05, 0) is 30.5 Å². The van der Waals surface area contributed by atoms with E-state index in [4.69, 9.17) is 11.6 Å². The predicted octanol–water partition coefficient (Wildman–Crippen LogP) is 3.18. The van der Waals surface area contributed by atoms with Crippen molar-refractivity contribution in [1.29, 1.82) is 0 Å². The molecule has 0 aromatic heterocycles. The topological polar surface area (TPSA) is 12.0 Å². The molecule has 1 fully saturated rings. The Labute approximate surface area is 90.5 Å². The maximum Gasteiger partial charge on any atom is 0.0484 e. The fraction of sp³-hybridized carbons (Fsp3) is 0.500. The van der Waals surface area contributed by atoms with E-state index in [1.807, 2.05) is 12.1 Å². The summed E-state index contributed by atoms with van der Waals surface area (Å²) in [5.74, 6) is 0.580. The van der Waals surface area contributed by atoms with Crippen LogP contribution in [0.4, 0.5) is 0 Å². The van der Waals surface area contributed by atoms with E-state index in [9.17, 15) is 0 Å². The van der Waals surface area contributed by atoms with Gasteiger partial charge in [0.1, 0.15) is 0 Å². The molecule has 1 N–H and O–H groups in total. The molecule has 0 saturated carbocycles. The molecule has 0 amide bonds. The Hall–Kier alpha value is -0.530. The molecule has 1 heterocycles. The highest BCUT2D eigenvalue weighted by Gasteiger charge is 2.42. The second-order valence-corrected chi connectivity index (χ2v) is 4.69. The predicted molar refractivity (Wildman–Crippen MR) is 60.6 cm³/mol. The van der Waals surface area contributed by atoms with Crippen LogP contribution < -0.4 is 5.32 Å². The van der Waals surface area contributed by atoms with Gasteiger partial charge in [-0.3, -0.25) is 0 Å². The lowest BCUT2D eigenvalue weighted by atomic mass is 9.72. The third-order valence-corrected chi connectivity index (χ3v) is 3.63. The summed E-state index contributed by atoms with van der Waals surface area (Å²) in [5.41, 5.74) is 1.38. The number of rotatable bonds is 2. The zero-order valence-corrected chi connectivity index (χ0v) is 9.43. The molecule has 1 aromatic carbocycles. The zero-order chi connectivity index (χ0) is 10.2. The zero-order valence-electron chi connectivity index (χ0n) is 8.68. The van der Waals surface area contributed by atoms with E-state index < -0.39 is 0 Å². The molecule has 2 rings (SSSR count). The molecule has 2 heteroatoms. The van der Waals surface area contributed by atoms with Crippen molar-refractivity contribution in [2.24, 2.45) is 5.92 Å². The van der Waals surface area contributed by atoms with Crippen LogP contribution >= 0.6 is 11.6 Å². The van der Waals surface area contributed by atoms with Crippen LogP contribution in [0, 0.1) is 5.92 Å². The van der Waals surface area contributed by atoms with Gasteiger partial charge in [-0.25, -0.2) is 0 Å². The third kappa shape index (κ3) is 1.35. The summed E-state index contributed by atoms with van der Waals surface area (Å²) in [6, 6.07) is 8.15. The van der Waals surface area contributed by atoms with Gasteiger partial charge < -0.3 is 5.32 Å². The second-order valence-electron chi connectivity index (χ2n) is 4.28. The molecule has 0 radical (unpaired) electrons. The standard InChI is InChI=1S/C12H16ClN/c1-9(2)12(7-8-14-12)10-5-3-4-6-11(10)13/h3-6,9,14H,7-8H2,1-2H3. The van der Waals surface area contributed by atoms with Gasteiger partial charge in [0.2, 0.25) is 0 Å². The summed E-state index contributed by atoms with van der Waals surface area (Å²) < 4.78 is 0. The molecule has 1 aliphatic heterocycles. The average molecular weight is 210 g/mol. The molecule has 1 aromatic rings. The van der Waals surface area contributed by atoms with E-state index in [0.717, 1.165) is 11.6 Å². The van der Waals surface area contributed by atoms with Crippen LogP contribution in [-0.4, -0.2) is 6.54 Å². The number of hydrogen-bond acceptors (Lipinski definition) is 1. The molecule has 14 heavy (non-hydrogen) atoms. The van der Waals surface area contributed by atoms with Crippen molar-refractivity contribution in [3.05, 3.63) is 34.9 Å². The fourth-order valence-corrected chi connectivity index (χ4v) is 2.56. The van der Waals surface area contributed by atoms with Crippen LogP contribution in [0.25, 0.3) is 0 Å². The van der Waals surface area contributed by atoms with Gasteiger partial charge in [-0.2, -0.15) is 0 Å². The van der Waals surface area contributed by atoms with Gasteiger partial charge in [0.15, 0.2) is 0 Å². The van der Waals surface area contributed by atoms with Gasteiger partial charge in [0.05, 0.1) is 0 Å². The largest absolute Gasteiger partial charge is 0.307 e. The summed E-state index contributed by atoms with van der Waals surface area (Å²) in [7, 11) is 0. The Balaban J connectivity index is 2.42. The van der Waals surface area contributed by atoms with Crippen LogP contribution in [0.5, 0.6) is 0 Å².